The number of hydrogen-bond donors (Lipinski definition) is 1. The minimum absolute atomic E-state index is 0.732. The molecule has 3 unspecified atom stereocenters. The molecule has 0 amide bonds. The van der Waals surface area contributed by atoms with Gasteiger partial charge in [0.25, 0.3) is 0 Å². The van der Waals surface area contributed by atoms with Crippen LogP contribution in [0.3, 0.4) is 0 Å². The summed E-state index contributed by atoms with van der Waals surface area (Å²) in [7, 11) is 0. The molecule has 0 radical (unpaired) electrons. The summed E-state index contributed by atoms with van der Waals surface area (Å²) >= 11 is 0. The van der Waals surface area contributed by atoms with Crippen LogP contribution in [0.4, 0.5) is 0 Å². The van der Waals surface area contributed by atoms with E-state index in [1.54, 1.807) is 5.56 Å². The zero-order valence-corrected chi connectivity index (χ0v) is 12.4. The summed E-state index contributed by atoms with van der Waals surface area (Å²) in [5.74, 6) is 2.66. The molecule has 1 N–H and O–H groups in total. The van der Waals surface area contributed by atoms with Crippen molar-refractivity contribution in [1.29, 1.82) is 0 Å². The summed E-state index contributed by atoms with van der Waals surface area (Å²) in [4.78, 5) is 0. The lowest BCUT2D eigenvalue weighted by atomic mass is 9.79. The van der Waals surface area contributed by atoms with Gasteiger partial charge in [-0.3, -0.25) is 0 Å². The fraction of sp³-hybridized carbons (Fsp3) is 0.667. The van der Waals surface area contributed by atoms with Crippen LogP contribution in [0.15, 0.2) is 24.3 Å². The highest BCUT2D eigenvalue weighted by molar-refractivity contribution is 5.29. The lowest BCUT2D eigenvalue weighted by molar-refractivity contribution is 0.225. The van der Waals surface area contributed by atoms with E-state index in [2.05, 4.69) is 43.4 Å². The van der Waals surface area contributed by atoms with Gasteiger partial charge in [-0.05, 0) is 61.0 Å². The van der Waals surface area contributed by atoms with Gasteiger partial charge in [-0.1, -0.05) is 38.1 Å². The van der Waals surface area contributed by atoms with Crippen molar-refractivity contribution >= 4 is 0 Å². The molecule has 0 spiro atoms. The van der Waals surface area contributed by atoms with Crippen LogP contribution in [0, 0.1) is 11.8 Å². The van der Waals surface area contributed by atoms with Gasteiger partial charge in [0.15, 0.2) is 0 Å². The molecule has 1 nitrogen and oxygen atoms in total. The molecule has 19 heavy (non-hydrogen) atoms. The molecule has 1 heteroatoms. The maximum absolute atomic E-state index is 3.78. The molecular weight excluding hydrogens is 230 g/mol. The van der Waals surface area contributed by atoms with E-state index in [-0.39, 0.29) is 0 Å². The Kier molecular flexibility index (Phi) is 3.93. The van der Waals surface area contributed by atoms with Crippen molar-refractivity contribution in [2.24, 2.45) is 11.8 Å². The van der Waals surface area contributed by atoms with Crippen molar-refractivity contribution in [3.8, 4) is 0 Å². The number of benzene rings is 1. The third kappa shape index (κ3) is 3.39. The topological polar surface area (TPSA) is 12.0 Å². The van der Waals surface area contributed by atoms with Crippen LogP contribution in [0.1, 0.15) is 63.0 Å². The summed E-state index contributed by atoms with van der Waals surface area (Å²) in [6, 6.07) is 9.95. The third-order valence-electron chi connectivity index (χ3n) is 5.19. The Labute approximate surface area is 117 Å². The van der Waals surface area contributed by atoms with Crippen LogP contribution >= 0.6 is 0 Å². The largest absolute Gasteiger partial charge is 0.310 e. The molecule has 1 aromatic carbocycles. The molecule has 3 rings (SSSR count). The maximum Gasteiger partial charge on any atom is 0.0208 e. The minimum atomic E-state index is 0.732. The SMILES string of the molecule is CC1CCC(NCc2cccc(C3CC3)c2)CC1C. The average Bonchev–Trinajstić information content (AvgIpc) is 3.25. The first-order chi connectivity index (χ1) is 9.22. The van der Waals surface area contributed by atoms with Gasteiger partial charge >= 0.3 is 0 Å². The van der Waals surface area contributed by atoms with Crippen LogP contribution in [-0.2, 0) is 6.54 Å². The second kappa shape index (κ2) is 5.66. The van der Waals surface area contributed by atoms with E-state index in [1.165, 1.54) is 37.7 Å². The van der Waals surface area contributed by atoms with E-state index < -0.39 is 0 Å². The number of rotatable bonds is 4. The molecule has 0 aromatic heterocycles. The van der Waals surface area contributed by atoms with Gasteiger partial charge in [0.1, 0.15) is 0 Å². The van der Waals surface area contributed by atoms with Crippen molar-refractivity contribution in [3.05, 3.63) is 35.4 Å². The van der Waals surface area contributed by atoms with E-state index in [4.69, 9.17) is 0 Å². The fourth-order valence-corrected chi connectivity index (χ4v) is 3.37. The van der Waals surface area contributed by atoms with Crippen molar-refractivity contribution in [2.75, 3.05) is 0 Å². The molecular formula is C18H27N. The molecule has 2 saturated carbocycles. The van der Waals surface area contributed by atoms with Crippen molar-refractivity contribution in [1.82, 2.24) is 5.32 Å². The zero-order valence-electron chi connectivity index (χ0n) is 12.4. The molecule has 2 aliphatic carbocycles. The van der Waals surface area contributed by atoms with Gasteiger partial charge in [0.05, 0.1) is 0 Å². The normalized spacial score (nSPS) is 31.4. The summed E-state index contributed by atoms with van der Waals surface area (Å²) in [5, 5.41) is 3.78. The first-order valence-corrected chi connectivity index (χ1v) is 8.04. The Morgan fingerprint density at radius 3 is 2.63 bits per heavy atom. The van der Waals surface area contributed by atoms with E-state index in [9.17, 15) is 0 Å². The predicted octanol–water partition coefficient (Wildman–Crippen LogP) is 4.48. The van der Waals surface area contributed by atoms with Gasteiger partial charge in [0, 0.05) is 12.6 Å². The highest BCUT2D eigenvalue weighted by Gasteiger charge is 2.25. The standard InChI is InChI=1S/C18H27N/c1-13-6-9-18(10-14(13)2)19-12-15-4-3-5-17(11-15)16-7-8-16/h3-5,11,13-14,16,18-19H,6-10,12H2,1-2H3. The highest BCUT2D eigenvalue weighted by atomic mass is 14.9. The second-order valence-corrected chi connectivity index (χ2v) is 6.86. The van der Waals surface area contributed by atoms with Gasteiger partial charge in [-0.2, -0.15) is 0 Å². The average molecular weight is 257 g/mol. The van der Waals surface area contributed by atoms with Gasteiger partial charge in [0.2, 0.25) is 0 Å². The van der Waals surface area contributed by atoms with Crippen LogP contribution in [0.5, 0.6) is 0 Å². The second-order valence-electron chi connectivity index (χ2n) is 6.86. The lowest BCUT2D eigenvalue weighted by Crippen LogP contribution is -2.35. The van der Waals surface area contributed by atoms with Gasteiger partial charge in [-0.15, -0.1) is 0 Å². The molecule has 2 aliphatic rings. The minimum Gasteiger partial charge on any atom is -0.310 e. The quantitative estimate of drug-likeness (QED) is 0.838. The smallest absolute Gasteiger partial charge is 0.0208 e. The molecule has 2 fully saturated rings. The van der Waals surface area contributed by atoms with Gasteiger partial charge < -0.3 is 5.32 Å². The fourth-order valence-electron chi connectivity index (χ4n) is 3.37. The van der Waals surface area contributed by atoms with Crippen LogP contribution in [0.25, 0.3) is 0 Å². The van der Waals surface area contributed by atoms with Crippen LogP contribution in [-0.4, -0.2) is 6.04 Å². The molecule has 3 atom stereocenters. The Morgan fingerprint density at radius 1 is 1.05 bits per heavy atom. The maximum atomic E-state index is 3.78. The van der Waals surface area contributed by atoms with E-state index in [1.807, 2.05) is 0 Å². The highest BCUT2D eigenvalue weighted by Crippen LogP contribution is 2.40. The summed E-state index contributed by atoms with van der Waals surface area (Å²) < 4.78 is 0. The van der Waals surface area contributed by atoms with E-state index in [0.717, 1.165) is 30.3 Å². The molecule has 1 aromatic rings. The Bertz CT molecular complexity index is 421. The van der Waals surface area contributed by atoms with Crippen molar-refractivity contribution in [2.45, 2.75) is 64.5 Å². The monoisotopic (exact) mass is 257 g/mol. The first kappa shape index (κ1) is 13.2. The van der Waals surface area contributed by atoms with Crippen molar-refractivity contribution in [3.63, 3.8) is 0 Å². The summed E-state index contributed by atoms with van der Waals surface area (Å²) in [6.45, 7) is 5.86. The summed E-state index contributed by atoms with van der Waals surface area (Å²) in [5.41, 5.74) is 3.03. The molecule has 0 bridgehead atoms. The number of hydrogen-bond acceptors (Lipinski definition) is 1. The van der Waals surface area contributed by atoms with Crippen LogP contribution < -0.4 is 5.32 Å². The molecule has 0 saturated heterocycles. The Hall–Kier alpha value is -0.820. The molecule has 0 heterocycles. The number of nitrogens with one attached hydrogen (secondary N) is 1. The molecule has 0 aliphatic heterocycles. The van der Waals surface area contributed by atoms with Gasteiger partial charge in [-0.25, -0.2) is 0 Å². The third-order valence-corrected chi connectivity index (χ3v) is 5.19. The van der Waals surface area contributed by atoms with Crippen molar-refractivity contribution < 1.29 is 0 Å². The lowest BCUT2D eigenvalue weighted by Gasteiger charge is -2.32. The van der Waals surface area contributed by atoms with E-state index in [0.29, 0.717) is 0 Å². The summed E-state index contributed by atoms with van der Waals surface area (Å²) in [6.07, 6.45) is 6.89. The first-order valence-electron chi connectivity index (χ1n) is 8.04. The van der Waals surface area contributed by atoms with Crippen LogP contribution in [0.2, 0.25) is 0 Å². The zero-order chi connectivity index (χ0) is 13.2. The predicted molar refractivity (Wildman–Crippen MR) is 81.2 cm³/mol. The Balaban J connectivity index is 1.53. The Morgan fingerprint density at radius 2 is 1.89 bits per heavy atom. The van der Waals surface area contributed by atoms with E-state index >= 15 is 0 Å². The molecule has 104 valence electrons.